The Labute approximate surface area is 165 Å². The number of aryl methyl sites for hydroxylation is 2. The van der Waals surface area contributed by atoms with Crippen molar-refractivity contribution in [3.8, 4) is 0 Å². The third-order valence-electron chi connectivity index (χ3n) is 5.89. The van der Waals surface area contributed by atoms with Gasteiger partial charge in [-0.1, -0.05) is 6.92 Å². The number of nitrogens with one attached hydrogen (secondary N) is 1. The Morgan fingerprint density at radius 1 is 1.32 bits per heavy atom. The third-order valence-corrected chi connectivity index (χ3v) is 7.62. The van der Waals surface area contributed by atoms with Gasteiger partial charge in [-0.3, -0.25) is 0 Å². The van der Waals surface area contributed by atoms with Crippen LogP contribution in [-0.2, 0) is 17.1 Å². The van der Waals surface area contributed by atoms with Gasteiger partial charge < -0.3 is 14.5 Å². The zero-order chi connectivity index (χ0) is 20.1. The first kappa shape index (κ1) is 18.9. The summed E-state index contributed by atoms with van der Waals surface area (Å²) < 4.78 is 29.6. The van der Waals surface area contributed by atoms with Crippen LogP contribution in [0.25, 0.3) is 11.0 Å². The number of piperidine rings is 1. The highest BCUT2D eigenvalue weighted by Gasteiger charge is 2.37. The first-order chi connectivity index (χ1) is 13.3. The molecule has 0 unspecified atom stereocenters. The lowest BCUT2D eigenvalue weighted by atomic mass is 9.93. The molecule has 9 heteroatoms. The maximum Gasteiger partial charge on any atom is 0.262 e. The van der Waals surface area contributed by atoms with Crippen molar-refractivity contribution in [1.82, 2.24) is 23.8 Å². The fourth-order valence-electron chi connectivity index (χ4n) is 3.96. The molecule has 28 heavy (non-hydrogen) atoms. The van der Waals surface area contributed by atoms with Crippen LogP contribution in [0.1, 0.15) is 19.2 Å². The molecule has 1 fully saturated rings. The van der Waals surface area contributed by atoms with Crippen LogP contribution in [0.3, 0.4) is 0 Å². The average Bonchev–Trinajstić information content (AvgIpc) is 3.28. The Kier molecular flexibility index (Phi) is 4.67. The van der Waals surface area contributed by atoms with E-state index >= 15 is 0 Å². The minimum atomic E-state index is -3.61. The smallest absolute Gasteiger partial charge is 0.262 e. The summed E-state index contributed by atoms with van der Waals surface area (Å²) in [5.41, 5.74) is 1.89. The molecule has 3 aromatic heterocycles. The SMILES string of the molecule is Cc1nc(S(=O)(=O)N2CC[C@@H](C)[C@@H](N(C)c3ccnc4[nH]ccc34)C2)cn1C. The van der Waals surface area contributed by atoms with E-state index in [9.17, 15) is 8.42 Å². The fourth-order valence-corrected chi connectivity index (χ4v) is 5.46. The van der Waals surface area contributed by atoms with Gasteiger partial charge in [-0.15, -0.1) is 0 Å². The summed E-state index contributed by atoms with van der Waals surface area (Å²) in [4.78, 5) is 13.9. The van der Waals surface area contributed by atoms with Crippen LogP contribution in [0.4, 0.5) is 5.69 Å². The number of rotatable bonds is 4. The van der Waals surface area contributed by atoms with E-state index in [4.69, 9.17) is 0 Å². The van der Waals surface area contributed by atoms with Crippen LogP contribution in [0.5, 0.6) is 0 Å². The zero-order valence-corrected chi connectivity index (χ0v) is 17.4. The van der Waals surface area contributed by atoms with Crippen LogP contribution >= 0.6 is 0 Å². The van der Waals surface area contributed by atoms with Crippen molar-refractivity contribution in [3.63, 3.8) is 0 Å². The molecule has 0 saturated carbocycles. The van der Waals surface area contributed by atoms with Crippen LogP contribution in [0.15, 0.2) is 35.7 Å². The normalized spacial score (nSPS) is 21.3. The molecule has 0 bridgehead atoms. The summed E-state index contributed by atoms with van der Waals surface area (Å²) in [5, 5.41) is 1.16. The molecule has 8 nitrogen and oxygen atoms in total. The zero-order valence-electron chi connectivity index (χ0n) is 16.6. The Morgan fingerprint density at radius 3 is 2.82 bits per heavy atom. The predicted molar refractivity (Wildman–Crippen MR) is 109 cm³/mol. The summed E-state index contributed by atoms with van der Waals surface area (Å²) in [6.45, 7) is 4.94. The second kappa shape index (κ2) is 6.89. The first-order valence-electron chi connectivity index (χ1n) is 9.44. The molecule has 0 spiro atoms. The molecule has 1 aliphatic rings. The molecule has 3 aromatic rings. The first-order valence-corrected chi connectivity index (χ1v) is 10.9. The largest absolute Gasteiger partial charge is 0.369 e. The lowest BCUT2D eigenvalue weighted by molar-refractivity contribution is 0.247. The number of anilines is 1. The minimum Gasteiger partial charge on any atom is -0.369 e. The maximum atomic E-state index is 13.2. The lowest BCUT2D eigenvalue weighted by Crippen LogP contribution is -2.52. The van der Waals surface area contributed by atoms with Gasteiger partial charge in [0.05, 0.1) is 0 Å². The Morgan fingerprint density at radius 2 is 2.11 bits per heavy atom. The number of H-pyrrole nitrogens is 1. The molecular formula is C19H26N6O2S. The van der Waals surface area contributed by atoms with Gasteiger partial charge in [0.15, 0.2) is 5.03 Å². The Hall–Kier alpha value is -2.39. The molecule has 1 saturated heterocycles. The number of aromatic amines is 1. The molecule has 2 atom stereocenters. The van der Waals surface area contributed by atoms with Gasteiger partial charge in [-0.25, -0.2) is 18.4 Å². The number of hydrogen-bond acceptors (Lipinski definition) is 5. The van der Waals surface area contributed by atoms with Crippen molar-refractivity contribution in [2.45, 2.75) is 31.3 Å². The maximum absolute atomic E-state index is 13.2. The number of aromatic nitrogens is 4. The number of nitrogens with zero attached hydrogens (tertiary/aromatic N) is 5. The summed E-state index contributed by atoms with van der Waals surface area (Å²) >= 11 is 0. The summed E-state index contributed by atoms with van der Waals surface area (Å²) in [5.74, 6) is 1.05. The van der Waals surface area contributed by atoms with E-state index in [-0.39, 0.29) is 11.1 Å². The minimum absolute atomic E-state index is 0.0637. The number of hydrogen-bond donors (Lipinski definition) is 1. The molecule has 0 aliphatic carbocycles. The van der Waals surface area contributed by atoms with E-state index in [0.29, 0.717) is 24.8 Å². The van der Waals surface area contributed by atoms with E-state index in [1.165, 1.54) is 0 Å². The second-order valence-electron chi connectivity index (χ2n) is 7.61. The fraction of sp³-hybridized carbons (Fsp3) is 0.474. The molecule has 0 radical (unpaired) electrons. The van der Waals surface area contributed by atoms with E-state index < -0.39 is 10.0 Å². The molecular weight excluding hydrogens is 376 g/mol. The number of likely N-dealkylation sites (N-methyl/N-ethyl adjacent to an activating group) is 1. The summed E-state index contributed by atoms with van der Waals surface area (Å²) in [6.07, 6.45) is 6.05. The topological polar surface area (TPSA) is 87.1 Å². The van der Waals surface area contributed by atoms with Gasteiger partial charge in [0.2, 0.25) is 0 Å². The van der Waals surface area contributed by atoms with Crippen molar-refractivity contribution < 1.29 is 8.42 Å². The summed E-state index contributed by atoms with van der Waals surface area (Å²) in [6, 6.07) is 4.06. The van der Waals surface area contributed by atoms with Crippen molar-refractivity contribution in [1.29, 1.82) is 0 Å². The molecule has 0 amide bonds. The van der Waals surface area contributed by atoms with Gasteiger partial charge in [0.1, 0.15) is 11.5 Å². The van der Waals surface area contributed by atoms with E-state index in [1.807, 2.05) is 32.4 Å². The molecule has 0 aromatic carbocycles. The Balaban J connectivity index is 1.64. The predicted octanol–water partition coefficient (Wildman–Crippen LogP) is 2.14. The van der Waals surface area contributed by atoms with Crippen molar-refractivity contribution >= 4 is 26.7 Å². The number of imidazole rings is 1. The van der Waals surface area contributed by atoms with Gasteiger partial charge in [-0.05, 0) is 31.4 Å². The molecule has 150 valence electrons. The number of pyridine rings is 1. The lowest BCUT2D eigenvalue weighted by Gasteiger charge is -2.41. The Bertz CT molecular complexity index is 1080. The molecule has 1 aliphatic heterocycles. The van der Waals surface area contributed by atoms with Crippen molar-refractivity contribution in [2.24, 2.45) is 13.0 Å². The third kappa shape index (κ3) is 3.08. The second-order valence-corrected chi connectivity index (χ2v) is 9.50. The molecule has 4 heterocycles. The van der Waals surface area contributed by atoms with Crippen molar-refractivity contribution in [3.05, 3.63) is 36.5 Å². The standard InChI is InChI=1S/C19H26N6O2S/c1-13-7-10-25(28(26,27)18-12-23(3)14(2)22-18)11-17(13)24(4)16-6-9-21-19-15(16)5-8-20-19/h5-6,8-9,12-13,17H,7,10-11H2,1-4H3,(H,20,21)/t13-,17+/m1/s1. The molecule has 4 rings (SSSR count). The van der Waals surface area contributed by atoms with Gasteiger partial charge >= 0.3 is 0 Å². The van der Waals surface area contributed by atoms with Crippen molar-refractivity contribution in [2.75, 3.05) is 25.0 Å². The van der Waals surface area contributed by atoms with Crippen LogP contribution in [0, 0.1) is 12.8 Å². The van der Waals surface area contributed by atoms with E-state index in [2.05, 4.69) is 26.8 Å². The highest BCUT2D eigenvalue weighted by atomic mass is 32.2. The number of fused-ring (bicyclic) bond motifs is 1. The number of sulfonamides is 1. The highest BCUT2D eigenvalue weighted by molar-refractivity contribution is 7.89. The van der Waals surface area contributed by atoms with Gasteiger partial charge in [-0.2, -0.15) is 4.31 Å². The monoisotopic (exact) mass is 402 g/mol. The summed E-state index contributed by atoms with van der Waals surface area (Å²) in [7, 11) is 0.228. The van der Waals surface area contributed by atoms with E-state index in [1.54, 1.807) is 28.2 Å². The van der Waals surface area contributed by atoms with Gasteiger partial charge in [0, 0.05) is 62.9 Å². The quantitative estimate of drug-likeness (QED) is 0.722. The van der Waals surface area contributed by atoms with Crippen LogP contribution in [0.2, 0.25) is 0 Å². The van der Waals surface area contributed by atoms with Crippen LogP contribution < -0.4 is 4.90 Å². The van der Waals surface area contributed by atoms with Gasteiger partial charge in [0.25, 0.3) is 10.0 Å². The average molecular weight is 403 g/mol. The highest BCUT2D eigenvalue weighted by Crippen LogP contribution is 2.31. The van der Waals surface area contributed by atoms with Crippen LogP contribution in [-0.4, -0.2) is 58.4 Å². The molecule has 1 N–H and O–H groups in total. The van der Waals surface area contributed by atoms with E-state index in [0.717, 1.165) is 23.1 Å².